The van der Waals surface area contributed by atoms with Crippen LogP contribution in [0.25, 0.3) is 0 Å². The lowest BCUT2D eigenvalue weighted by Gasteiger charge is -2.69. The van der Waals surface area contributed by atoms with Crippen LogP contribution in [-0.2, 0) is 16.6 Å². The summed E-state index contributed by atoms with van der Waals surface area (Å²) in [6.07, 6.45) is 9.54. The average molecular weight is 514 g/mol. The van der Waals surface area contributed by atoms with E-state index in [0.717, 1.165) is 17.5 Å². The average Bonchev–Trinajstić information content (AvgIpc) is 3.64. The van der Waals surface area contributed by atoms with Crippen LogP contribution in [0.3, 0.4) is 0 Å². The number of rotatable bonds is 5. The van der Waals surface area contributed by atoms with E-state index in [1.807, 2.05) is 6.07 Å². The van der Waals surface area contributed by atoms with Gasteiger partial charge in [-0.1, -0.05) is 18.9 Å². The summed E-state index contributed by atoms with van der Waals surface area (Å²) in [5, 5.41) is 35.9. The Morgan fingerprint density at radius 2 is 1.92 bits per heavy atom. The van der Waals surface area contributed by atoms with E-state index < -0.39 is 23.2 Å². The van der Waals surface area contributed by atoms with E-state index in [0.29, 0.717) is 57.0 Å². The summed E-state index contributed by atoms with van der Waals surface area (Å²) < 4.78 is 12.9. The van der Waals surface area contributed by atoms with E-state index in [1.165, 1.54) is 12.8 Å². The van der Waals surface area contributed by atoms with Crippen molar-refractivity contribution in [1.82, 2.24) is 0 Å². The second-order valence-corrected chi connectivity index (χ2v) is 11.1. The van der Waals surface area contributed by atoms with Crippen LogP contribution in [0.1, 0.15) is 63.5 Å². The first-order valence-electron chi connectivity index (χ1n) is 13.7. The summed E-state index contributed by atoms with van der Waals surface area (Å²) in [4.78, 5) is 0. The van der Waals surface area contributed by atoms with E-state index in [-0.39, 0.29) is 16.4 Å². The number of terminal acetylenes is 1. The Morgan fingerprint density at radius 3 is 2.63 bits per heavy atom. The van der Waals surface area contributed by atoms with Gasteiger partial charge >= 0.3 is 0 Å². The van der Waals surface area contributed by atoms with Gasteiger partial charge in [0.25, 0.3) is 0 Å². The molecule has 198 valence electrons. The molecule has 2 bridgehead atoms. The molecule has 5 aliphatic rings. The summed E-state index contributed by atoms with van der Waals surface area (Å²) in [5.41, 5.74) is 0.950. The van der Waals surface area contributed by atoms with Crippen molar-refractivity contribution in [2.24, 2.45) is 5.92 Å². The third kappa shape index (κ3) is 4.05. The van der Waals surface area contributed by atoms with Gasteiger partial charge in [0.05, 0.1) is 24.6 Å². The molecule has 0 amide bonds. The standard InChI is InChI=1S/C23H31NO5.C9H4/c1-2-11-28-23-8-7-17(26)21-22(23)9-10-24(27,13-14-3-4-14)18(23)12-15-5-6-16(25)20(29-21)19(15)22;1-3-5-7-9-8-6-4-2/h5-6,14,17-18,21,25-26H,2-4,7-13H2,1H3;1H,2H3/t17-,18-,21+,22+,23-,24?;/m1./s1. The third-order valence-electron chi connectivity index (χ3n) is 9.00. The topological polar surface area (TPSA) is 82.0 Å². The van der Waals surface area contributed by atoms with Crippen molar-refractivity contribution in [3.8, 4) is 59.4 Å². The molecular weight excluding hydrogens is 478 g/mol. The Morgan fingerprint density at radius 1 is 1.16 bits per heavy atom. The second-order valence-electron chi connectivity index (χ2n) is 11.1. The SMILES string of the molecule is C#CC#CC#CC#CC.CCCO[C@@]12CC[C@@H](O)[C@@H]3Oc4c(O)ccc5c4[C@@]31CC[N+]([O-])(CC1CC1)[C@@H]2C5. The third-order valence-corrected chi connectivity index (χ3v) is 9.00. The van der Waals surface area contributed by atoms with Crippen LogP contribution in [0.5, 0.6) is 11.5 Å². The first-order valence-corrected chi connectivity index (χ1v) is 13.7. The highest BCUT2D eigenvalue weighted by molar-refractivity contribution is 5.62. The molecule has 6 atom stereocenters. The predicted molar refractivity (Wildman–Crippen MR) is 144 cm³/mol. The number of piperidine rings is 1. The van der Waals surface area contributed by atoms with Gasteiger partial charge in [-0.15, -0.1) is 6.42 Å². The monoisotopic (exact) mass is 513 g/mol. The Hall–Kier alpha value is -3.10. The van der Waals surface area contributed by atoms with Crippen molar-refractivity contribution in [2.45, 2.75) is 88.1 Å². The van der Waals surface area contributed by atoms with E-state index in [9.17, 15) is 15.4 Å². The molecule has 6 nitrogen and oxygen atoms in total. The van der Waals surface area contributed by atoms with Crippen LogP contribution in [-0.4, -0.2) is 58.4 Å². The first-order chi connectivity index (χ1) is 18.4. The predicted octanol–water partition coefficient (Wildman–Crippen LogP) is 3.41. The van der Waals surface area contributed by atoms with Crippen molar-refractivity contribution in [3.05, 3.63) is 28.5 Å². The van der Waals surface area contributed by atoms with Gasteiger partial charge in [0.1, 0.15) is 17.7 Å². The lowest BCUT2D eigenvalue weighted by Crippen LogP contribution is -2.81. The van der Waals surface area contributed by atoms with Gasteiger partial charge < -0.3 is 29.5 Å². The van der Waals surface area contributed by atoms with Gasteiger partial charge in [-0.25, -0.2) is 0 Å². The van der Waals surface area contributed by atoms with Crippen molar-refractivity contribution in [3.63, 3.8) is 0 Å². The normalized spacial score (nSPS) is 34.7. The minimum absolute atomic E-state index is 0.133. The Balaban J connectivity index is 0.000000284. The molecule has 2 heterocycles. The lowest BCUT2D eigenvalue weighted by molar-refractivity contribution is -0.924. The lowest BCUT2D eigenvalue weighted by atomic mass is 9.48. The van der Waals surface area contributed by atoms with Crippen LogP contribution in [0.2, 0.25) is 0 Å². The molecule has 6 heteroatoms. The van der Waals surface area contributed by atoms with E-state index in [1.54, 1.807) is 13.0 Å². The maximum Gasteiger partial charge on any atom is 0.165 e. The minimum atomic E-state index is -0.631. The Labute approximate surface area is 225 Å². The number of aliphatic hydroxyl groups is 1. The summed E-state index contributed by atoms with van der Waals surface area (Å²) >= 11 is 0. The fourth-order valence-electron chi connectivity index (χ4n) is 7.47. The van der Waals surface area contributed by atoms with Gasteiger partial charge in [-0.05, 0) is 86.2 Å². The molecule has 6 rings (SSSR count). The number of ether oxygens (including phenoxy) is 2. The fraction of sp³-hybridized carbons (Fsp3) is 0.562. The first kappa shape index (κ1) is 26.5. The number of hydroxylamine groups is 3. The largest absolute Gasteiger partial charge is 0.632 e. The molecule has 3 aliphatic carbocycles. The van der Waals surface area contributed by atoms with Crippen molar-refractivity contribution < 1.29 is 24.3 Å². The zero-order valence-corrected chi connectivity index (χ0v) is 22.2. The quantitative estimate of drug-likeness (QED) is 0.358. The molecule has 0 aromatic heterocycles. The maximum absolute atomic E-state index is 14.3. The van der Waals surface area contributed by atoms with Crippen molar-refractivity contribution in [2.75, 3.05) is 19.7 Å². The number of phenols is 1. The number of aliphatic hydroxyl groups excluding tert-OH is 1. The van der Waals surface area contributed by atoms with Crippen molar-refractivity contribution >= 4 is 0 Å². The van der Waals surface area contributed by atoms with Gasteiger partial charge in [0.2, 0.25) is 0 Å². The number of hydrogen-bond acceptors (Lipinski definition) is 5. The molecular formula is C32H35NO5. The molecule has 2 aliphatic heterocycles. The Kier molecular flexibility index (Phi) is 7.13. The molecule has 1 spiro atoms. The number of nitrogens with zero attached hydrogens (tertiary/aromatic N) is 1. The van der Waals surface area contributed by atoms with Crippen LogP contribution < -0.4 is 4.74 Å². The number of phenolic OH excluding ortho intramolecular Hbond substituents is 1. The summed E-state index contributed by atoms with van der Waals surface area (Å²) in [5.74, 6) is 18.2. The summed E-state index contributed by atoms with van der Waals surface area (Å²) in [6.45, 7) is 5.64. The molecule has 0 radical (unpaired) electrons. The van der Waals surface area contributed by atoms with Gasteiger partial charge in [0, 0.05) is 30.9 Å². The number of hydrogen-bond donors (Lipinski definition) is 2. The van der Waals surface area contributed by atoms with Gasteiger partial charge in [0.15, 0.2) is 11.5 Å². The minimum Gasteiger partial charge on any atom is -0.632 e. The van der Waals surface area contributed by atoms with Crippen LogP contribution >= 0.6 is 0 Å². The van der Waals surface area contributed by atoms with E-state index in [2.05, 4.69) is 48.4 Å². The molecule has 1 aromatic carbocycles. The molecule has 1 unspecified atom stereocenters. The van der Waals surface area contributed by atoms with Crippen LogP contribution in [0.15, 0.2) is 12.1 Å². The molecule has 2 N–H and O–H groups in total. The zero-order valence-electron chi connectivity index (χ0n) is 22.2. The maximum atomic E-state index is 14.3. The molecule has 3 fully saturated rings. The van der Waals surface area contributed by atoms with E-state index >= 15 is 0 Å². The number of benzene rings is 1. The number of quaternary nitrogens is 1. The molecule has 1 aromatic rings. The fourth-order valence-corrected chi connectivity index (χ4v) is 7.47. The molecule has 38 heavy (non-hydrogen) atoms. The molecule has 2 saturated carbocycles. The smallest absolute Gasteiger partial charge is 0.165 e. The Bertz CT molecular complexity index is 1320. The highest BCUT2D eigenvalue weighted by atomic mass is 16.6. The summed E-state index contributed by atoms with van der Waals surface area (Å²) in [6, 6.07) is 3.47. The highest BCUT2D eigenvalue weighted by Crippen LogP contribution is 2.67. The van der Waals surface area contributed by atoms with Gasteiger partial charge in [-0.3, -0.25) is 0 Å². The number of likely N-dealkylation sites (tertiary alicyclic amines) is 1. The van der Waals surface area contributed by atoms with Crippen LogP contribution in [0, 0.1) is 59.0 Å². The summed E-state index contributed by atoms with van der Waals surface area (Å²) in [7, 11) is 0. The van der Waals surface area contributed by atoms with E-state index in [4.69, 9.17) is 15.9 Å². The second kappa shape index (κ2) is 10.2. The zero-order chi connectivity index (χ0) is 27.0. The molecule has 1 saturated heterocycles. The number of aromatic hydroxyl groups is 1. The van der Waals surface area contributed by atoms with Gasteiger partial charge in [-0.2, -0.15) is 0 Å². The van der Waals surface area contributed by atoms with Crippen molar-refractivity contribution in [1.29, 1.82) is 0 Å². The highest BCUT2D eigenvalue weighted by Gasteiger charge is 2.76. The van der Waals surface area contributed by atoms with Crippen LogP contribution in [0.4, 0.5) is 0 Å².